The van der Waals surface area contributed by atoms with Crippen molar-refractivity contribution in [1.82, 2.24) is 4.90 Å². The van der Waals surface area contributed by atoms with Gasteiger partial charge in [0.15, 0.2) is 0 Å². The molecule has 3 nitrogen and oxygen atoms in total. The van der Waals surface area contributed by atoms with E-state index in [1.165, 1.54) is 0 Å². The van der Waals surface area contributed by atoms with Crippen molar-refractivity contribution in [2.75, 3.05) is 40.0 Å². The van der Waals surface area contributed by atoms with Crippen LogP contribution in [0, 0.1) is 11.8 Å². The van der Waals surface area contributed by atoms with Gasteiger partial charge < -0.3 is 14.7 Å². The van der Waals surface area contributed by atoms with E-state index in [1.807, 2.05) is 0 Å². The third-order valence-corrected chi connectivity index (χ3v) is 2.64. The van der Waals surface area contributed by atoms with E-state index in [0.717, 1.165) is 26.2 Å². The number of hydrogen-bond acceptors (Lipinski definition) is 3. The highest BCUT2D eigenvalue weighted by atomic mass is 16.5. The topological polar surface area (TPSA) is 32.7 Å². The third kappa shape index (κ3) is 2.44. The van der Waals surface area contributed by atoms with E-state index in [2.05, 4.69) is 11.8 Å². The lowest BCUT2D eigenvalue weighted by Gasteiger charge is -2.13. The molecule has 1 rings (SSSR count). The summed E-state index contributed by atoms with van der Waals surface area (Å²) in [7, 11) is 1.75. The van der Waals surface area contributed by atoms with Crippen LogP contribution in [0.5, 0.6) is 0 Å². The second-order valence-corrected chi connectivity index (χ2v) is 3.68. The average Bonchev–Trinajstić information content (AvgIpc) is 2.34. The molecule has 12 heavy (non-hydrogen) atoms. The van der Waals surface area contributed by atoms with Crippen LogP contribution in [0.3, 0.4) is 0 Å². The Morgan fingerprint density at radius 2 is 2.25 bits per heavy atom. The number of rotatable bonds is 4. The number of ether oxygens (including phenoxy) is 1. The van der Waals surface area contributed by atoms with Gasteiger partial charge in [-0.3, -0.25) is 0 Å². The van der Waals surface area contributed by atoms with E-state index >= 15 is 0 Å². The Morgan fingerprint density at radius 1 is 1.50 bits per heavy atom. The van der Waals surface area contributed by atoms with Crippen molar-refractivity contribution >= 4 is 0 Å². The number of likely N-dealkylation sites (tertiary alicyclic amines) is 1. The first-order chi connectivity index (χ1) is 5.77. The summed E-state index contributed by atoms with van der Waals surface area (Å²) in [6, 6.07) is 0. The zero-order valence-corrected chi connectivity index (χ0v) is 7.99. The van der Waals surface area contributed by atoms with Crippen LogP contribution >= 0.6 is 0 Å². The van der Waals surface area contributed by atoms with Gasteiger partial charge >= 0.3 is 0 Å². The van der Waals surface area contributed by atoms with E-state index in [0.29, 0.717) is 11.8 Å². The van der Waals surface area contributed by atoms with Crippen molar-refractivity contribution in [3.63, 3.8) is 0 Å². The van der Waals surface area contributed by atoms with Crippen molar-refractivity contribution in [2.24, 2.45) is 11.8 Å². The molecule has 1 saturated heterocycles. The summed E-state index contributed by atoms with van der Waals surface area (Å²) in [6.45, 7) is 6.37. The number of aliphatic hydroxyl groups excluding tert-OH is 1. The Kier molecular flexibility index (Phi) is 3.98. The standard InChI is InChI=1S/C9H19NO2/c1-8-5-10(3-4-11)6-9(8)7-12-2/h8-9,11H,3-7H2,1-2H3. The molecule has 0 aromatic heterocycles. The molecule has 1 heterocycles. The molecule has 1 aliphatic heterocycles. The number of nitrogens with zero attached hydrogens (tertiary/aromatic N) is 1. The Labute approximate surface area is 74.3 Å². The Hall–Kier alpha value is -0.120. The Balaban J connectivity index is 2.29. The van der Waals surface area contributed by atoms with Gasteiger partial charge in [0.05, 0.1) is 13.2 Å². The molecule has 0 aromatic rings. The van der Waals surface area contributed by atoms with E-state index in [-0.39, 0.29) is 6.61 Å². The fraction of sp³-hybridized carbons (Fsp3) is 1.00. The first-order valence-electron chi connectivity index (χ1n) is 4.60. The highest BCUT2D eigenvalue weighted by Crippen LogP contribution is 2.22. The molecule has 72 valence electrons. The first kappa shape index (κ1) is 9.96. The Morgan fingerprint density at radius 3 is 2.83 bits per heavy atom. The maximum Gasteiger partial charge on any atom is 0.0558 e. The number of methoxy groups -OCH3 is 1. The predicted molar refractivity (Wildman–Crippen MR) is 48.1 cm³/mol. The molecule has 1 N–H and O–H groups in total. The largest absolute Gasteiger partial charge is 0.395 e. The summed E-state index contributed by atoms with van der Waals surface area (Å²) >= 11 is 0. The summed E-state index contributed by atoms with van der Waals surface area (Å²) in [4.78, 5) is 2.30. The lowest BCUT2D eigenvalue weighted by molar-refractivity contribution is 0.138. The van der Waals surface area contributed by atoms with Gasteiger partial charge in [-0.25, -0.2) is 0 Å². The zero-order chi connectivity index (χ0) is 8.97. The molecule has 1 fully saturated rings. The number of aliphatic hydroxyl groups is 1. The van der Waals surface area contributed by atoms with Gasteiger partial charge in [-0.15, -0.1) is 0 Å². The van der Waals surface area contributed by atoms with E-state index in [4.69, 9.17) is 9.84 Å². The summed E-state index contributed by atoms with van der Waals surface area (Å²) in [6.07, 6.45) is 0. The molecule has 0 spiro atoms. The van der Waals surface area contributed by atoms with Gasteiger partial charge in [0.25, 0.3) is 0 Å². The molecule has 0 aliphatic carbocycles. The van der Waals surface area contributed by atoms with E-state index in [9.17, 15) is 0 Å². The zero-order valence-electron chi connectivity index (χ0n) is 7.99. The summed E-state index contributed by atoms with van der Waals surface area (Å²) in [5.74, 6) is 1.36. The van der Waals surface area contributed by atoms with Crippen molar-refractivity contribution in [3.8, 4) is 0 Å². The minimum atomic E-state index is 0.270. The predicted octanol–water partition coefficient (Wildman–Crippen LogP) is 0.193. The molecule has 0 amide bonds. The summed E-state index contributed by atoms with van der Waals surface area (Å²) in [5, 5.41) is 8.76. The van der Waals surface area contributed by atoms with Gasteiger partial charge in [0.1, 0.15) is 0 Å². The van der Waals surface area contributed by atoms with Crippen LogP contribution in [0.1, 0.15) is 6.92 Å². The maximum absolute atomic E-state index is 8.76. The molecular weight excluding hydrogens is 154 g/mol. The summed E-state index contributed by atoms with van der Waals surface area (Å²) < 4.78 is 5.13. The fourth-order valence-electron chi connectivity index (χ4n) is 1.90. The molecular formula is C9H19NO2. The molecule has 2 atom stereocenters. The monoisotopic (exact) mass is 173 g/mol. The lowest BCUT2D eigenvalue weighted by atomic mass is 10.00. The van der Waals surface area contributed by atoms with Crippen molar-refractivity contribution in [2.45, 2.75) is 6.92 Å². The van der Waals surface area contributed by atoms with Gasteiger partial charge in [0, 0.05) is 26.7 Å². The fourth-order valence-corrected chi connectivity index (χ4v) is 1.90. The van der Waals surface area contributed by atoms with E-state index in [1.54, 1.807) is 7.11 Å². The SMILES string of the molecule is COCC1CN(CCO)CC1C. The van der Waals surface area contributed by atoms with Crippen molar-refractivity contribution in [1.29, 1.82) is 0 Å². The van der Waals surface area contributed by atoms with Crippen LogP contribution in [0.2, 0.25) is 0 Å². The van der Waals surface area contributed by atoms with Crippen LogP contribution < -0.4 is 0 Å². The van der Waals surface area contributed by atoms with Gasteiger partial charge in [-0.2, -0.15) is 0 Å². The number of hydrogen-bond donors (Lipinski definition) is 1. The van der Waals surface area contributed by atoms with Crippen molar-refractivity contribution < 1.29 is 9.84 Å². The Bertz CT molecular complexity index is 130. The molecule has 0 radical (unpaired) electrons. The highest BCUT2D eigenvalue weighted by Gasteiger charge is 2.28. The average molecular weight is 173 g/mol. The van der Waals surface area contributed by atoms with Crippen molar-refractivity contribution in [3.05, 3.63) is 0 Å². The lowest BCUT2D eigenvalue weighted by Crippen LogP contribution is -2.24. The second kappa shape index (κ2) is 4.80. The van der Waals surface area contributed by atoms with Crippen LogP contribution in [0.15, 0.2) is 0 Å². The quantitative estimate of drug-likeness (QED) is 0.659. The van der Waals surface area contributed by atoms with Gasteiger partial charge in [-0.1, -0.05) is 6.92 Å². The van der Waals surface area contributed by atoms with Gasteiger partial charge in [0.2, 0.25) is 0 Å². The smallest absolute Gasteiger partial charge is 0.0558 e. The summed E-state index contributed by atoms with van der Waals surface area (Å²) in [5.41, 5.74) is 0. The van der Waals surface area contributed by atoms with Crippen LogP contribution in [-0.2, 0) is 4.74 Å². The van der Waals surface area contributed by atoms with Crippen LogP contribution in [-0.4, -0.2) is 50.0 Å². The molecule has 0 aromatic carbocycles. The second-order valence-electron chi connectivity index (χ2n) is 3.68. The maximum atomic E-state index is 8.76. The minimum absolute atomic E-state index is 0.270. The highest BCUT2D eigenvalue weighted by molar-refractivity contribution is 4.80. The number of β-amino-alcohol motifs (C(OH)–C–C–N with tert-alkyl or cyclic N) is 1. The third-order valence-electron chi connectivity index (χ3n) is 2.64. The molecule has 0 bridgehead atoms. The molecule has 0 saturated carbocycles. The van der Waals surface area contributed by atoms with Crippen LogP contribution in [0.25, 0.3) is 0 Å². The molecule has 1 aliphatic rings. The molecule has 2 unspecified atom stereocenters. The van der Waals surface area contributed by atoms with Gasteiger partial charge in [-0.05, 0) is 11.8 Å². The first-order valence-corrected chi connectivity index (χ1v) is 4.60. The normalized spacial score (nSPS) is 31.2. The van der Waals surface area contributed by atoms with Crippen LogP contribution in [0.4, 0.5) is 0 Å². The molecule has 3 heteroatoms. The van der Waals surface area contributed by atoms with E-state index < -0.39 is 0 Å². The minimum Gasteiger partial charge on any atom is -0.395 e.